The van der Waals surface area contributed by atoms with Crippen LogP contribution in [-0.2, 0) is 6.54 Å². The summed E-state index contributed by atoms with van der Waals surface area (Å²) in [6, 6.07) is 14.1. The second-order valence-corrected chi connectivity index (χ2v) is 6.15. The van der Waals surface area contributed by atoms with Crippen molar-refractivity contribution < 1.29 is 0 Å². The lowest BCUT2D eigenvalue weighted by atomic mass is 10.1. The molecule has 0 fully saturated rings. The Kier molecular flexibility index (Phi) is 5.28. The average Bonchev–Trinajstić information content (AvgIpc) is 2.38. The molecule has 2 aromatic carbocycles. The lowest BCUT2D eigenvalue weighted by molar-refractivity contribution is 0.575. The third kappa shape index (κ3) is 4.22. The Morgan fingerprint density at radius 1 is 1.11 bits per heavy atom. The molecule has 100 valence electrons. The number of halogens is 3. The molecular weight excluding hydrogens is 345 g/mol. The summed E-state index contributed by atoms with van der Waals surface area (Å²) < 4.78 is 1.09. The third-order valence-electron chi connectivity index (χ3n) is 2.98. The molecule has 0 unspecified atom stereocenters. The Morgan fingerprint density at radius 2 is 1.79 bits per heavy atom. The molecule has 0 aliphatic heterocycles. The van der Waals surface area contributed by atoms with Crippen molar-refractivity contribution in [2.45, 2.75) is 19.5 Å². The molecule has 19 heavy (non-hydrogen) atoms. The first-order valence-corrected chi connectivity index (χ1v) is 7.54. The summed E-state index contributed by atoms with van der Waals surface area (Å²) in [5.74, 6) is 0. The van der Waals surface area contributed by atoms with Gasteiger partial charge in [-0.3, -0.25) is 0 Å². The van der Waals surface area contributed by atoms with Crippen LogP contribution in [0.4, 0.5) is 0 Å². The van der Waals surface area contributed by atoms with E-state index in [0.29, 0.717) is 16.6 Å². The van der Waals surface area contributed by atoms with Gasteiger partial charge in [0.05, 0.1) is 0 Å². The van der Waals surface area contributed by atoms with E-state index >= 15 is 0 Å². The van der Waals surface area contributed by atoms with Gasteiger partial charge in [-0.15, -0.1) is 0 Å². The molecule has 2 aromatic rings. The molecule has 2 rings (SSSR count). The summed E-state index contributed by atoms with van der Waals surface area (Å²) in [5.41, 5.74) is 2.29. The third-order valence-corrected chi connectivity index (χ3v) is 4.10. The van der Waals surface area contributed by atoms with Crippen molar-refractivity contribution in [1.29, 1.82) is 0 Å². The molecule has 0 saturated heterocycles. The lowest BCUT2D eigenvalue weighted by Crippen LogP contribution is -2.18. The normalized spacial score (nSPS) is 12.4. The van der Waals surface area contributed by atoms with E-state index in [4.69, 9.17) is 23.2 Å². The summed E-state index contributed by atoms with van der Waals surface area (Å²) in [6.45, 7) is 2.85. The summed E-state index contributed by atoms with van der Waals surface area (Å²) in [5, 5.41) is 4.81. The molecule has 0 radical (unpaired) electrons. The van der Waals surface area contributed by atoms with E-state index in [1.54, 1.807) is 6.07 Å². The molecule has 0 heterocycles. The van der Waals surface area contributed by atoms with Gasteiger partial charge in [0.25, 0.3) is 0 Å². The van der Waals surface area contributed by atoms with Crippen LogP contribution >= 0.6 is 39.1 Å². The molecule has 0 aliphatic carbocycles. The van der Waals surface area contributed by atoms with Crippen molar-refractivity contribution in [2.75, 3.05) is 0 Å². The first kappa shape index (κ1) is 14.9. The zero-order valence-electron chi connectivity index (χ0n) is 10.5. The predicted molar refractivity (Wildman–Crippen MR) is 85.9 cm³/mol. The van der Waals surface area contributed by atoms with Crippen molar-refractivity contribution in [3.05, 3.63) is 68.1 Å². The molecule has 0 spiro atoms. The zero-order chi connectivity index (χ0) is 13.8. The maximum atomic E-state index is 6.15. The minimum Gasteiger partial charge on any atom is -0.306 e. The summed E-state index contributed by atoms with van der Waals surface area (Å²) in [6.07, 6.45) is 0. The number of benzene rings is 2. The topological polar surface area (TPSA) is 12.0 Å². The Labute approximate surface area is 132 Å². The minimum atomic E-state index is 0.264. The molecule has 0 aromatic heterocycles. The van der Waals surface area contributed by atoms with Crippen LogP contribution in [0.3, 0.4) is 0 Å². The van der Waals surface area contributed by atoms with Gasteiger partial charge in [-0.2, -0.15) is 0 Å². The number of hydrogen-bond acceptors (Lipinski definition) is 1. The van der Waals surface area contributed by atoms with Gasteiger partial charge in [0.1, 0.15) is 0 Å². The van der Waals surface area contributed by atoms with Crippen molar-refractivity contribution in [2.24, 2.45) is 0 Å². The van der Waals surface area contributed by atoms with Crippen molar-refractivity contribution in [1.82, 2.24) is 5.32 Å². The van der Waals surface area contributed by atoms with Gasteiger partial charge in [0, 0.05) is 27.1 Å². The quantitative estimate of drug-likeness (QED) is 0.749. The van der Waals surface area contributed by atoms with Crippen LogP contribution in [0.1, 0.15) is 24.1 Å². The molecule has 0 saturated carbocycles. The highest BCUT2D eigenvalue weighted by Crippen LogP contribution is 2.22. The molecule has 0 amide bonds. The van der Waals surface area contributed by atoms with E-state index < -0.39 is 0 Å². The fraction of sp³-hybridized carbons (Fsp3) is 0.200. The van der Waals surface area contributed by atoms with Crippen LogP contribution in [0.15, 0.2) is 46.9 Å². The second kappa shape index (κ2) is 6.76. The summed E-state index contributed by atoms with van der Waals surface area (Å²) in [7, 11) is 0. The Balaban J connectivity index is 2.00. The largest absolute Gasteiger partial charge is 0.306 e. The summed E-state index contributed by atoms with van der Waals surface area (Å²) in [4.78, 5) is 0. The molecule has 1 N–H and O–H groups in total. The van der Waals surface area contributed by atoms with Crippen LogP contribution < -0.4 is 5.32 Å². The van der Waals surface area contributed by atoms with E-state index in [-0.39, 0.29) is 6.04 Å². The van der Waals surface area contributed by atoms with Crippen LogP contribution in [0.25, 0.3) is 0 Å². The minimum absolute atomic E-state index is 0.264. The van der Waals surface area contributed by atoms with E-state index in [2.05, 4.69) is 40.3 Å². The average molecular weight is 359 g/mol. The Bertz CT molecular complexity index is 555. The van der Waals surface area contributed by atoms with E-state index in [9.17, 15) is 0 Å². The van der Waals surface area contributed by atoms with Crippen molar-refractivity contribution in [3.8, 4) is 0 Å². The molecule has 1 nitrogen and oxygen atoms in total. The fourth-order valence-electron chi connectivity index (χ4n) is 1.80. The monoisotopic (exact) mass is 357 g/mol. The van der Waals surface area contributed by atoms with Crippen LogP contribution in [0, 0.1) is 0 Å². The molecule has 4 heteroatoms. The standard InChI is InChI=1S/C15H14BrCl2N/c1-10(11-2-5-13(16)6-3-11)19-9-12-4-7-14(17)8-15(12)18/h2-8,10,19H,9H2,1H3/t10-/m0/s1. The van der Waals surface area contributed by atoms with Crippen molar-refractivity contribution in [3.63, 3.8) is 0 Å². The highest BCUT2D eigenvalue weighted by atomic mass is 79.9. The first-order valence-electron chi connectivity index (χ1n) is 5.99. The second-order valence-electron chi connectivity index (χ2n) is 4.39. The highest BCUT2D eigenvalue weighted by molar-refractivity contribution is 9.10. The Morgan fingerprint density at radius 3 is 2.42 bits per heavy atom. The smallest absolute Gasteiger partial charge is 0.0465 e. The van der Waals surface area contributed by atoms with Gasteiger partial charge >= 0.3 is 0 Å². The SMILES string of the molecule is C[C@H](NCc1ccc(Cl)cc1Cl)c1ccc(Br)cc1. The first-order chi connectivity index (χ1) is 9.06. The van der Waals surface area contributed by atoms with Crippen LogP contribution in [-0.4, -0.2) is 0 Å². The van der Waals surface area contributed by atoms with Gasteiger partial charge in [0.15, 0.2) is 0 Å². The maximum absolute atomic E-state index is 6.15. The molecule has 1 atom stereocenters. The van der Waals surface area contributed by atoms with Crippen LogP contribution in [0.2, 0.25) is 10.0 Å². The van der Waals surface area contributed by atoms with Gasteiger partial charge in [0.2, 0.25) is 0 Å². The maximum Gasteiger partial charge on any atom is 0.0465 e. The van der Waals surface area contributed by atoms with Gasteiger partial charge in [-0.05, 0) is 42.3 Å². The zero-order valence-corrected chi connectivity index (χ0v) is 13.6. The predicted octanol–water partition coefficient (Wildman–Crippen LogP) is 5.61. The number of nitrogens with one attached hydrogen (secondary N) is 1. The van der Waals surface area contributed by atoms with Gasteiger partial charge < -0.3 is 5.32 Å². The lowest BCUT2D eigenvalue weighted by Gasteiger charge is -2.15. The highest BCUT2D eigenvalue weighted by Gasteiger charge is 2.06. The van der Waals surface area contributed by atoms with Gasteiger partial charge in [-0.25, -0.2) is 0 Å². The van der Waals surface area contributed by atoms with Gasteiger partial charge in [-0.1, -0.05) is 57.3 Å². The van der Waals surface area contributed by atoms with Crippen molar-refractivity contribution >= 4 is 39.1 Å². The summed E-state index contributed by atoms with van der Waals surface area (Å²) >= 11 is 15.5. The fourth-order valence-corrected chi connectivity index (χ4v) is 2.54. The van der Waals surface area contributed by atoms with Crippen LogP contribution in [0.5, 0.6) is 0 Å². The number of rotatable bonds is 4. The molecular formula is C15H14BrCl2N. The molecule has 0 aliphatic rings. The van der Waals surface area contributed by atoms with E-state index in [1.807, 2.05) is 24.3 Å². The number of hydrogen-bond donors (Lipinski definition) is 1. The Hall–Kier alpha value is -0.540. The molecule has 0 bridgehead atoms. The van der Waals surface area contributed by atoms with E-state index in [0.717, 1.165) is 10.0 Å². The van der Waals surface area contributed by atoms with E-state index in [1.165, 1.54) is 5.56 Å².